The van der Waals surface area contributed by atoms with Crippen LogP contribution in [0, 0.1) is 11.3 Å². The summed E-state index contributed by atoms with van der Waals surface area (Å²) in [6, 6.07) is 6.44. The van der Waals surface area contributed by atoms with Crippen molar-refractivity contribution in [3.8, 4) is 6.07 Å². The molecule has 1 aromatic heterocycles. The van der Waals surface area contributed by atoms with Gasteiger partial charge in [-0.3, -0.25) is 4.79 Å². The van der Waals surface area contributed by atoms with Gasteiger partial charge < -0.3 is 14.5 Å². The number of fused-ring (bicyclic) bond motifs is 1. The summed E-state index contributed by atoms with van der Waals surface area (Å²) in [5.41, 5.74) is 1.28. The minimum atomic E-state index is -0.675. The summed E-state index contributed by atoms with van der Waals surface area (Å²) in [5, 5.41) is 10.9. The maximum Gasteiger partial charge on any atom is 0.394 e. The van der Waals surface area contributed by atoms with E-state index in [9.17, 15) is 9.59 Å². The van der Waals surface area contributed by atoms with Crippen molar-refractivity contribution in [1.29, 1.82) is 5.26 Å². The van der Waals surface area contributed by atoms with Gasteiger partial charge in [-0.1, -0.05) is 0 Å². The normalized spacial score (nSPS) is 9.89. The van der Waals surface area contributed by atoms with Crippen molar-refractivity contribution in [2.75, 3.05) is 12.4 Å². The van der Waals surface area contributed by atoms with Crippen LogP contribution in [0.5, 0.6) is 0 Å². The molecule has 1 aromatic carbocycles. The molecule has 0 unspecified atom stereocenters. The van der Waals surface area contributed by atoms with Gasteiger partial charge in [0.2, 0.25) is 5.91 Å². The van der Waals surface area contributed by atoms with Crippen LogP contribution in [-0.4, -0.2) is 24.0 Å². The second kappa shape index (κ2) is 5.18. The van der Waals surface area contributed by atoms with Crippen LogP contribution in [0.25, 0.3) is 11.1 Å². The molecule has 0 atom stereocenters. The molecule has 0 saturated heterocycles. The van der Waals surface area contributed by atoms with E-state index >= 15 is 0 Å². The SMILES string of the molecule is COC(=O)c1nc2cc(NC(=O)CC#N)ccc2o1. The predicted octanol–water partition coefficient (Wildman–Crippen LogP) is 1.47. The molecule has 7 nitrogen and oxygen atoms in total. The third-order valence-corrected chi connectivity index (χ3v) is 2.27. The van der Waals surface area contributed by atoms with E-state index in [1.165, 1.54) is 7.11 Å². The summed E-state index contributed by atoms with van der Waals surface area (Å²) in [7, 11) is 1.23. The zero-order valence-electron chi connectivity index (χ0n) is 9.97. The minimum absolute atomic E-state index is 0.155. The molecule has 0 radical (unpaired) electrons. The van der Waals surface area contributed by atoms with Crippen LogP contribution in [0.3, 0.4) is 0 Å². The van der Waals surface area contributed by atoms with E-state index in [1.807, 2.05) is 0 Å². The molecule has 0 aliphatic rings. The van der Waals surface area contributed by atoms with Crippen LogP contribution in [0.2, 0.25) is 0 Å². The van der Waals surface area contributed by atoms with E-state index in [0.29, 0.717) is 16.8 Å². The third kappa shape index (κ3) is 2.69. The second-order valence-electron chi connectivity index (χ2n) is 3.58. The van der Waals surface area contributed by atoms with Gasteiger partial charge in [-0.2, -0.15) is 5.26 Å². The molecule has 0 saturated carbocycles. The lowest BCUT2D eigenvalue weighted by Gasteiger charge is -2.00. The van der Waals surface area contributed by atoms with Gasteiger partial charge in [-0.25, -0.2) is 9.78 Å². The van der Waals surface area contributed by atoms with E-state index < -0.39 is 11.9 Å². The Hall–Kier alpha value is -2.88. The molecule has 0 aliphatic carbocycles. The van der Waals surface area contributed by atoms with Crippen LogP contribution >= 0.6 is 0 Å². The molecule has 0 bridgehead atoms. The number of carbonyl (C=O) groups is 2. The molecule has 0 fully saturated rings. The maximum atomic E-state index is 11.3. The number of anilines is 1. The third-order valence-electron chi connectivity index (χ3n) is 2.27. The van der Waals surface area contributed by atoms with Crippen LogP contribution in [0.1, 0.15) is 17.1 Å². The Morgan fingerprint density at radius 2 is 2.32 bits per heavy atom. The van der Waals surface area contributed by atoms with Crippen molar-refractivity contribution in [1.82, 2.24) is 4.98 Å². The molecule has 0 aliphatic heterocycles. The van der Waals surface area contributed by atoms with Gasteiger partial charge in [-0.05, 0) is 18.2 Å². The first-order chi connectivity index (χ1) is 9.13. The van der Waals surface area contributed by atoms with Crippen molar-refractivity contribution in [2.45, 2.75) is 6.42 Å². The first-order valence-electron chi connectivity index (χ1n) is 5.29. The Balaban J connectivity index is 2.28. The molecule has 1 heterocycles. The number of nitriles is 1. The average Bonchev–Trinajstić information content (AvgIpc) is 2.81. The van der Waals surface area contributed by atoms with Crippen LogP contribution in [-0.2, 0) is 9.53 Å². The zero-order valence-corrected chi connectivity index (χ0v) is 9.97. The van der Waals surface area contributed by atoms with Crippen LogP contribution in [0.4, 0.5) is 5.69 Å². The Kier molecular flexibility index (Phi) is 3.43. The van der Waals surface area contributed by atoms with Crippen molar-refractivity contribution in [2.24, 2.45) is 0 Å². The Morgan fingerprint density at radius 1 is 1.53 bits per heavy atom. The standard InChI is InChI=1S/C12H9N3O4/c1-18-12(17)11-15-8-6-7(2-3-9(8)19-11)14-10(16)4-5-13/h2-3,6H,4H2,1H3,(H,14,16). The number of methoxy groups -OCH3 is 1. The van der Waals surface area contributed by atoms with Crippen molar-refractivity contribution >= 4 is 28.7 Å². The molecule has 1 amide bonds. The molecule has 0 spiro atoms. The molecule has 7 heteroatoms. The number of benzene rings is 1. The van der Waals surface area contributed by atoms with Gasteiger partial charge in [0.05, 0.1) is 13.2 Å². The lowest BCUT2D eigenvalue weighted by atomic mass is 10.3. The first-order valence-corrected chi connectivity index (χ1v) is 5.29. The van der Waals surface area contributed by atoms with Gasteiger partial charge in [-0.15, -0.1) is 0 Å². The smallest absolute Gasteiger partial charge is 0.394 e. The number of hydrogen-bond donors (Lipinski definition) is 1. The summed E-state index contributed by atoms with van der Waals surface area (Å²) in [4.78, 5) is 26.4. The highest BCUT2D eigenvalue weighted by Gasteiger charge is 2.14. The molecular weight excluding hydrogens is 250 g/mol. The van der Waals surface area contributed by atoms with E-state index in [1.54, 1.807) is 24.3 Å². The fraction of sp³-hybridized carbons (Fsp3) is 0.167. The average molecular weight is 259 g/mol. The van der Waals surface area contributed by atoms with E-state index in [0.717, 1.165) is 0 Å². The fourth-order valence-electron chi connectivity index (χ4n) is 1.46. The lowest BCUT2D eigenvalue weighted by Crippen LogP contribution is -2.09. The Morgan fingerprint density at radius 3 is 3.00 bits per heavy atom. The van der Waals surface area contributed by atoms with Gasteiger partial charge in [0.1, 0.15) is 11.9 Å². The molecule has 19 heavy (non-hydrogen) atoms. The highest BCUT2D eigenvalue weighted by atomic mass is 16.5. The monoisotopic (exact) mass is 259 g/mol. The van der Waals surface area contributed by atoms with E-state index in [2.05, 4.69) is 15.0 Å². The number of ether oxygens (including phenoxy) is 1. The summed E-state index contributed by atoms with van der Waals surface area (Å²) in [6.45, 7) is 0. The van der Waals surface area contributed by atoms with Crippen LogP contribution < -0.4 is 5.32 Å². The molecule has 96 valence electrons. The van der Waals surface area contributed by atoms with Crippen molar-refractivity contribution in [3.63, 3.8) is 0 Å². The number of amides is 1. The topological polar surface area (TPSA) is 105 Å². The summed E-state index contributed by atoms with van der Waals surface area (Å²) in [6.07, 6.45) is -0.232. The molecule has 2 aromatic rings. The summed E-state index contributed by atoms with van der Waals surface area (Å²) in [5.74, 6) is -1.25. The van der Waals surface area contributed by atoms with Crippen molar-refractivity contribution in [3.05, 3.63) is 24.1 Å². The zero-order chi connectivity index (χ0) is 13.8. The summed E-state index contributed by atoms with van der Waals surface area (Å²) >= 11 is 0. The van der Waals surface area contributed by atoms with E-state index in [4.69, 9.17) is 9.68 Å². The molecule has 1 N–H and O–H groups in total. The van der Waals surface area contributed by atoms with Gasteiger partial charge >= 0.3 is 11.9 Å². The van der Waals surface area contributed by atoms with Crippen molar-refractivity contribution < 1.29 is 18.7 Å². The van der Waals surface area contributed by atoms with Gasteiger partial charge in [0.15, 0.2) is 5.58 Å². The number of oxazole rings is 1. The van der Waals surface area contributed by atoms with Gasteiger partial charge in [0.25, 0.3) is 0 Å². The van der Waals surface area contributed by atoms with E-state index in [-0.39, 0.29) is 12.3 Å². The number of carbonyl (C=O) groups excluding carboxylic acids is 2. The number of rotatable bonds is 3. The second-order valence-corrected chi connectivity index (χ2v) is 3.58. The largest absolute Gasteiger partial charge is 0.462 e. The quantitative estimate of drug-likeness (QED) is 0.836. The lowest BCUT2D eigenvalue weighted by molar-refractivity contribution is -0.115. The maximum absolute atomic E-state index is 11.3. The highest BCUT2D eigenvalue weighted by Crippen LogP contribution is 2.20. The summed E-state index contributed by atoms with van der Waals surface area (Å²) < 4.78 is 9.67. The fourth-order valence-corrected chi connectivity index (χ4v) is 1.46. The highest BCUT2D eigenvalue weighted by molar-refractivity contribution is 5.94. The van der Waals surface area contributed by atoms with Crippen LogP contribution in [0.15, 0.2) is 22.6 Å². The Bertz CT molecular complexity index is 684. The molecule has 2 rings (SSSR count). The number of esters is 1. The number of nitrogens with one attached hydrogen (secondary N) is 1. The predicted molar refractivity (Wildman–Crippen MR) is 64.2 cm³/mol. The number of aromatic nitrogens is 1. The number of nitrogens with zero attached hydrogens (tertiary/aromatic N) is 2. The Labute approximate surface area is 107 Å². The number of hydrogen-bond acceptors (Lipinski definition) is 6. The molecular formula is C12H9N3O4. The first kappa shape index (κ1) is 12.6. The van der Waals surface area contributed by atoms with Gasteiger partial charge in [0, 0.05) is 5.69 Å². The minimum Gasteiger partial charge on any atom is -0.462 e.